The van der Waals surface area contributed by atoms with Crippen molar-refractivity contribution in [1.82, 2.24) is 10.3 Å². The lowest BCUT2D eigenvalue weighted by Crippen LogP contribution is -2.38. The summed E-state index contributed by atoms with van der Waals surface area (Å²) in [6.45, 7) is 2.10. The Bertz CT molecular complexity index is 441. The van der Waals surface area contributed by atoms with E-state index in [1.165, 1.54) is 12.8 Å². The first kappa shape index (κ1) is 9.66. The molecule has 1 aromatic carbocycles. The van der Waals surface area contributed by atoms with Crippen molar-refractivity contribution in [3.05, 3.63) is 24.3 Å². The number of nitrogens with zero attached hydrogens (tertiary/aromatic N) is 1. The van der Waals surface area contributed by atoms with Gasteiger partial charge in [-0.05, 0) is 31.5 Å². The molecule has 2 heterocycles. The molecule has 16 heavy (non-hydrogen) atoms. The average Bonchev–Trinajstić information content (AvgIpc) is 2.72. The highest BCUT2D eigenvalue weighted by Crippen LogP contribution is 2.19. The van der Waals surface area contributed by atoms with E-state index >= 15 is 0 Å². The Labute approximate surface area is 94.0 Å². The quantitative estimate of drug-likeness (QED) is 0.807. The van der Waals surface area contributed by atoms with Gasteiger partial charge < -0.3 is 15.1 Å². The number of hydrogen-bond acceptors (Lipinski definition) is 4. The molecule has 0 aliphatic carbocycles. The van der Waals surface area contributed by atoms with Gasteiger partial charge in [0, 0.05) is 12.6 Å². The zero-order valence-corrected chi connectivity index (χ0v) is 9.07. The Morgan fingerprint density at radius 3 is 3.12 bits per heavy atom. The minimum absolute atomic E-state index is 0.432. The van der Waals surface area contributed by atoms with Crippen molar-refractivity contribution in [2.45, 2.75) is 18.9 Å². The molecule has 0 amide bonds. The van der Waals surface area contributed by atoms with E-state index in [-0.39, 0.29) is 0 Å². The monoisotopic (exact) mass is 217 g/mol. The fraction of sp³-hybridized carbons (Fsp3) is 0.417. The van der Waals surface area contributed by atoms with E-state index in [4.69, 9.17) is 4.42 Å². The molecule has 4 heteroatoms. The van der Waals surface area contributed by atoms with Crippen LogP contribution in [0.25, 0.3) is 11.1 Å². The Morgan fingerprint density at radius 1 is 1.38 bits per heavy atom. The summed E-state index contributed by atoms with van der Waals surface area (Å²) >= 11 is 0. The van der Waals surface area contributed by atoms with Crippen LogP contribution in [0.4, 0.5) is 6.01 Å². The first-order valence-electron chi connectivity index (χ1n) is 5.75. The van der Waals surface area contributed by atoms with Gasteiger partial charge in [0.15, 0.2) is 5.58 Å². The Kier molecular flexibility index (Phi) is 2.50. The number of nitrogens with one attached hydrogen (secondary N) is 2. The molecule has 0 saturated carbocycles. The lowest BCUT2D eigenvalue weighted by molar-refractivity contribution is 0.467. The molecule has 1 aromatic heterocycles. The van der Waals surface area contributed by atoms with Gasteiger partial charge in [0.1, 0.15) is 5.52 Å². The first-order valence-corrected chi connectivity index (χ1v) is 5.75. The number of rotatable bonds is 2. The van der Waals surface area contributed by atoms with E-state index in [1.54, 1.807) is 0 Å². The van der Waals surface area contributed by atoms with Crippen molar-refractivity contribution in [1.29, 1.82) is 0 Å². The summed E-state index contributed by atoms with van der Waals surface area (Å²) in [6, 6.07) is 8.89. The second kappa shape index (κ2) is 4.14. The molecule has 1 aliphatic rings. The van der Waals surface area contributed by atoms with Crippen LogP contribution in [0.15, 0.2) is 28.7 Å². The standard InChI is InChI=1S/C12H15N3O/c1-2-6-11-10(5-1)15-12(16-11)14-9-4-3-7-13-8-9/h1-2,5-6,9,13H,3-4,7-8H2,(H,14,15). The lowest BCUT2D eigenvalue weighted by atomic mass is 10.1. The van der Waals surface area contributed by atoms with Gasteiger partial charge in [-0.1, -0.05) is 12.1 Å². The van der Waals surface area contributed by atoms with E-state index in [9.17, 15) is 0 Å². The number of fused-ring (bicyclic) bond motifs is 1. The Morgan fingerprint density at radius 2 is 2.31 bits per heavy atom. The minimum Gasteiger partial charge on any atom is -0.424 e. The molecule has 2 aromatic rings. The third kappa shape index (κ3) is 1.88. The third-order valence-electron chi connectivity index (χ3n) is 2.92. The van der Waals surface area contributed by atoms with Crippen molar-refractivity contribution in [2.75, 3.05) is 18.4 Å². The maximum absolute atomic E-state index is 5.62. The molecule has 4 nitrogen and oxygen atoms in total. The van der Waals surface area contributed by atoms with Crippen LogP contribution in [-0.2, 0) is 0 Å². The Balaban J connectivity index is 1.78. The summed E-state index contributed by atoms with van der Waals surface area (Å²) in [6.07, 6.45) is 2.38. The Hall–Kier alpha value is -1.55. The smallest absolute Gasteiger partial charge is 0.295 e. The zero-order chi connectivity index (χ0) is 10.8. The largest absolute Gasteiger partial charge is 0.424 e. The number of hydrogen-bond donors (Lipinski definition) is 2. The summed E-state index contributed by atoms with van der Waals surface area (Å²) in [4.78, 5) is 4.40. The summed E-state index contributed by atoms with van der Waals surface area (Å²) < 4.78 is 5.62. The van der Waals surface area contributed by atoms with E-state index < -0.39 is 0 Å². The number of piperidine rings is 1. The number of oxazole rings is 1. The number of benzene rings is 1. The van der Waals surface area contributed by atoms with E-state index in [2.05, 4.69) is 15.6 Å². The normalized spacial score (nSPS) is 21.1. The highest BCUT2D eigenvalue weighted by molar-refractivity contribution is 5.74. The maximum Gasteiger partial charge on any atom is 0.295 e. The fourth-order valence-corrected chi connectivity index (χ4v) is 2.08. The van der Waals surface area contributed by atoms with Crippen LogP contribution in [0.3, 0.4) is 0 Å². The molecule has 84 valence electrons. The van der Waals surface area contributed by atoms with Gasteiger partial charge in [-0.2, -0.15) is 4.98 Å². The predicted molar refractivity (Wildman–Crippen MR) is 63.5 cm³/mol. The van der Waals surface area contributed by atoms with Crippen LogP contribution in [0.1, 0.15) is 12.8 Å². The molecule has 1 unspecified atom stereocenters. The summed E-state index contributed by atoms with van der Waals surface area (Å²) in [5, 5.41) is 6.69. The van der Waals surface area contributed by atoms with Crippen molar-refractivity contribution >= 4 is 17.1 Å². The first-order chi connectivity index (χ1) is 7.92. The van der Waals surface area contributed by atoms with Crippen molar-refractivity contribution in [3.63, 3.8) is 0 Å². The second-order valence-corrected chi connectivity index (χ2v) is 4.17. The van der Waals surface area contributed by atoms with Gasteiger partial charge in [0.05, 0.1) is 0 Å². The minimum atomic E-state index is 0.432. The number of aromatic nitrogens is 1. The van der Waals surface area contributed by atoms with E-state index in [0.717, 1.165) is 24.2 Å². The lowest BCUT2D eigenvalue weighted by Gasteiger charge is -2.22. The van der Waals surface area contributed by atoms with Gasteiger partial charge >= 0.3 is 0 Å². The van der Waals surface area contributed by atoms with Gasteiger partial charge in [-0.15, -0.1) is 0 Å². The van der Waals surface area contributed by atoms with Crippen molar-refractivity contribution in [2.24, 2.45) is 0 Å². The van der Waals surface area contributed by atoms with Crippen LogP contribution in [-0.4, -0.2) is 24.1 Å². The van der Waals surface area contributed by atoms with Crippen molar-refractivity contribution < 1.29 is 4.42 Å². The molecule has 1 atom stereocenters. The summed E-state index contributed by atoms with van der Waals surface area (Å²) in [5.41, 5.74) is 1.75. The van der Waals surface area contributed by atoms with Crippen LogP contribution in [0.5, 0.6) is 0 Å². The molecular formula is C12H15N3O. The molecule has 1 fully saturated rings. The van der Waals surface area contributed by atoms with Crippen LogP contribution < -0.4 is 10.6 Å². The third-order valence-corrected chi connectivity index (χ3v) is 2.92. The maximum atomic E-state index is 5.62. The molecule has 2 N–H and O–H groups in total. The molecule has 1 aliphatic heterocycles. The molecule has 0 radical (unpaired) electrons. The predicted octanol–water partition coefficient (Wildman–Crippen LogP) is 1.99. The average molecular weight is 217 g/mol. The SMILES string of the molecule is c1ccc2oc(NC3CCCNC3)nc2c1. The highest BCUT2D eigenvalue weighted by atomic mass is 16.4. The zero-order valence-electron chi connectivity index (χ0n) is 9.07. The molecule has 3 rings (SSSR count). The second-order valence-electron chi connectivity index (χ2n) is 4.17. The topological polar surface area (TPSA) is 50.1 Å². The van der Waals surface area contributed by atoms with Gasteiger partial charge in [0.25, 0.3) is 6.01 Å². The molecule has 0 spiro atoms. The number of para-hydroxylation sites is 2. The summed E-state index contributed by atoms with van der Waals surface area (Å²) in [7, 11) is 0. The van der Waals surface area contributed by atoms with Crippen LogP contribution in [0, 0.1) is 0 Å². The van der Waals surface area contributed by atoms with Crippen LogP contribution in [0.2, 0.25) is 0 Å². The van der Waals surface area contributed by atoms with Crippen molar-refractivity contribution in [3.8, 4) is 0 Å². The molecule has 0 bridgehead atoms. The van der Waals surface area contributed by atoms with Gasteiger partial charge in [-0.25, -0.2) is 0 Å². The molecular weight excluding hydrogens is 202 g/mol. The fourth-order valence-electron chi connectivity index (χ4n) is 2.08. The molecule has 1 saturated heterocycles. The van der Waals surface area contributed by atoms with E-state index in [1.807, 2.05) is 24.3 Å². The van der Waals surface area contributed by atoms with Gasteiger partial charge in [-0.3, -0.25) is 0 Å². The van der Waals surface area contributed by atoms with E-state index in [0.29, 0.717) is 12.1 Å². The number of anilines is 1. The van der Waals surface area contributed by atoms with Gasteiger partial charge in [0.2, 0.25) is 0 Å². The summed E-state index contributed by atoms with van der Waals surface area (Å²) in [5.74, 6) is 0. The van der Waals surface area contributed by atoms with Crippen LogP contribution >= 0.6 is 0 Å². The highest BCUT2D eigenvalue weighted by Gasteiger charge is 2.15.